The summed E-state index contributed by atoms with van der Waals surface area (Å²) in [5.74, 6) is -1.03. The van der Waals surface area contributed by atoms with Crippen LogP contribution in [-0.2, 0) is 11.0 Å². The van der Waals surface area contributed by atoms with Crippen LogP contribution < -0.4 is 10.1 Å². The van der Waals surface area contributed by atoms with E-state index in [9.17, 15) is 27.2 Å². The number of carbonyl (C=O) groups is 2. The van der Waals surface area contributed by atoms with Crippen LogP contribution in [0.4, 0.5) is 17.6 Å². The van der Waals surface area contributed by atoms with Crippen molar-refractivity contribution in [2.45, 2.75) is 25.1 Å². The third-order valence-electron chi connectivity index (χ3n) is 5.56. The van der Waals surface area contributed by atoms with Gasteiger partial charge in [-0.05, 0) is 36.4 Å². The van der Waals surface area contributed by atoms with Crippen molar-refractivity contribution >= 4 is 11.8 Å². The molecule has 2 amide bonds. The van der Waals surface area contributed by atoms with Gasteiger partial charge in [-0.1, -0.05) is 17.3 Å². The minimum Gasteiger partial charge on any atom is -0.490 e. The number of amides is 2. The number of alkyl halides is 3. The normalized spacial score (nSPS) is 14.6. The molecule has 1 aromatic heterocycles. The fourth-order valence-electron chi connectivity index (χ4n) is 3.67. The molecule has 4 rings (SSSR count). The number of nitrogens with zero attached hydrogens (tertiary/aromatic N) is 2. The quantitative estimate of drug-likeness (QED) is 0.520. The summed E-state index contributed by atoms with van der Waals surface area (Å²) in [6.45, 7) is 0.494. The van der Waals surface area contributed by atoms with E-state index in [4.69, 9.17) is 9.26 Å². The number of carbonyl (C=O) groups excluding carboxylic acids is 2. The fraction of sp³-hybridized carbons (Fsp3) is 0.292. The molecular weight excluding hydrogens is 470 g/mol. The van der Waals surface area contributed by atoms with Crippen LogP contribution >= 0.6 is 0 Å². The van der Waals surface area contributed by atoms with Crippen molar-refractivity contribution in [2.24, 2.45) is 0 Å². The molecule has 1 saturated heterocycles. The van der Waals surface area contributed by atoms with Crippen molar-refractivity contribution in [3.8, 4) is 17.1 Å². The van der Waals surface area contributed by atoms with E-state index in [-0.39, 0.29) is 35.6 Å². The highest BCUT2D eigenvalue weighted by Crippen LogP contribution is 2.31. The van der Waals surface area contributed by atoms with Gasteiger partial charge in [-0.25, -0.2) is 4.39 Å². The first kappa shape index (κ1) is 24.2. The summed E-state index contributed by atoms with van der Waals surface area (Å²) in [4.78, 5) is 26.4. The standard InChI is InChI=1S/C24H21F4N3O4/c25-19-4-2-1-3-18(19)21-13-20(30-35-21)23(33)29-14-22(32)31-11-9-17(10-12-31)34-16-7-5-15(6-8-16)24(26,27)28/h1-8,13,17H,9-12,14H2,(H,29,33). The van der Waals surface area contributed by atoms with Crippen molar-refractivity contribution in [1.82, 2.24) is 15.4 Å². The van der Waals surface area contributed by atoms with Crippen molar-refractivity contribution in [1.29, 1.82) is 0 Å². The van der Waals surface area contributed by atoms with Gasteiger partial charge in [-0.2, -0.15) is 13.2 Å². The van der Waals surface area contributed by atoms with Gasteiger partial charge < -0.3 is 19.5 Å². The first-order valence-electron chi connectivity index (χ1n) is 10.8. The van der Waals surface area contributed by atoms with E-state index in [2.05, 4.69) is 10.5 Å². The third-order valence-corrected chi connectivity index (χ3v) is 5.56. The molecule has 2 aromatic carbocycles. The number of rotatable bonds is 6. The van der Waals surface area contributed by atoms with Gasteiger partial charge in [0, 0.05) is 32.0 Å². The van der Waals surface area contributed by atoms with Gasteiger partial charge in [0.2, 0.25) is 5.91 Å². The van der Waals surface area contributed by atoms with Crippen LogP contribution in [0.2, 0.25) is 0 Å². The summed E-state index contributed by atoms with van der Waals surface area (Å²) < 4.78 is 62.6. The molecule has 1 fully saturated rings. The number of ether oxygens (including phenoxy) is 1. The van der Waals surface area contributed by atoms with Crippen LogP contribution in [0.25, 0.3) is 11.3 Å². The number of piperidine rings is 1. The van der Waals surface area contributed by atoms with Crippen molar-refractivity contribution in [3.63, 3.8) is 0 Å². The Kier molecular flexibility index (Phi) is 7.04. The molecule has 3 aromatic rings. The minimum absolute atomic E-state index is 0.0836. The van der Waals surface area contributed by atoms with Gasteiger partial charge >= 0.3 is 6.18 Å². The van der Waals surface area contributed by atoms with Crippen molar-refractivity contribution < 1.29 is 36.4 Å². The second-order valence-electron chi connectivity index (χ2n) is 7.96. The largest absolute Gasteiger partial charge is 0.490 e. The Bertz CT molecular complexity index is 1190. The van der Waals surface area contributed by atoms with Gasteiger partial charge in [0.05, 0.1) is 17.7 Å². The lowest BCUT2D eigenvalue weighted by molar-refractivity contribution is -0.137. The molecule has 0 saturated carbocycles. The smallest absolute Gasteiger partial charge is 0.416 e. The predicted octanol–water partition coefficient (Wildman–Crippen LogP) is 4.30. The van der Waals surface area contributed by atoms with Crippen molar-refractivity contribution in [2.75, 3.05) is 19.6 Å². The van der Waals surface area contributed by atoms with Gasteiger partial charge in [-0.15, -0.1) is 0 Å². The Hall–Kier alpha value is -3.89. The second-order valence-corrected chi connectivity index (χ2v) is 7.96. The summed E-state index contributed by atoms with van der Waals surface area (Å²) in [5, 5.41) is 6.11. The number of aromatic nitrogens is 1. The predicted molar refractivity (Wildman–Crippen MR) is 116 cm³/mol. The van der Waals surface area contributed by atoms with E-state index in [1.54, 1.807) is 11.0 Å². The Morgan fingerprint density at radius 2 is 1.77 bits per heavy atom. The fourth-order valence-corrected chi connectivity index (χ4v) is 3.67. The monoisotopic (exact) mass is 491 g/mol. The molecular formula is C24H21F4N3O4. The summed E-state index contributed by atoms with van der Waals surface area (Å²) in [7, 11) is 0. The Labute approximate surface area is 197 Å². The highest BCUT2D eigenvalue weighted by molar-refractivity contribution is 5.95. The molecule has 7 nitrogen and oxygen atoms in total. The molecule has 2 heterocycles. The number of hydrogen-bond donors (Lipinski definition) is 1. The maximum Gasteiger partial charge on any atom is 0.416 e. The molecule has 184 valence electrons. The second kappa shape index (κ2) is 10.2. The molecule has 0 radical (unpaired) electrons. The molecule has 35 heavy (non-hydrogen) atoms. The van der Waals surface area contributed by atoms with Crippen LogP contribution in [0.5, 0.6) is 5.75 Å². The SMILES string of the molecule is O=C(NCC(=O)N1CCC(Oc2ccc(C(F)(F)F)cc2)CC1)c1cc(-c2ccccc2F)on1. The molecule has 0 aliphatic carbocycles. The Morgan fingerprint density at radius 1 is 1.09 bits per heavy atom. The van der Waals surface area contributed by atoms with E-state index >= 15 is 0 Å². The molecule has 0 bridgehead atoms. The zero-order valence-electron chi connectivity index (χ0n) is 18.3. The molecule has 1 aliphatic rings. The maximum absolute atomic E-state index is 13.9. The lowest BCUT2D eigenvalue weighted by Gasteiger charge is -2.32. The topological polar surface area (TPSA) is 84.7 Å². The summed E-state index contributed by atoms with van der Waals surface area (Å²) in [5.41, 5.74) is -0.669. The van der Waals surface area contributed by atoms with Crippen LogP contribution in [-0.4, -0.2) is 47.6 Å². The Balaban J connectivity index is 1.23. The highest BCUT2D eigenvalue weighted by Gasteiger charge is 2.30. The number of halogens is 4. The molecule has 1 aliphatic heterocycles. The number of nitrogens with one attached hydrogen (secondary N) is 1. The van der Waals surface area contributed by atoms with E-state index < -0.39 is 23.5 Å². The van der Waals surface area contributed by atoms with E-state index in [0.717, 1.165) is 12.1 Å². The first-order valence-corrected chi connectivity index (χ1v) is 10.8. The lowest BCUT2D eigenvalue weighted by Crippen LogP contribution is -2.46. The highest BCUT2D eigenvalue weighted by atomic mass is 19.4. The lowest BCUT2D eigenvalue weighted by atomic mass is 10.1. The zero-order valence-corrected chi connectivity index (χ0v) is 18.3. The third kappa shape index (κ3) is 5.97. The van der Waals surface area contributed by atoms with Crippen molar-refractivity contribution in [3.05, 3.63) is 71.7 Å². The van der Waals surface area contributed by atoms with Gasteiger partial charge in [-0.3, -0.25) is 9.59 Å². The van der Waals surface area contributed by atoms with Crippen LogP contribution in [0.15, 0.2) is 59.1 Å². The minimum atomic E-state index is -4.41. The van der Waals surface area contributed by atoms with Gasteiger partial charge in [0.1, 0.15) is 17.7 Å². The summed E-state index contributed by atoms with van der Waals surface area (Å²) in [6.07, 6.45) is -3.65. The number of likely N-dealkylation sites (tertiary alicyclic amines) is 1. The average Bonchev–Trinajstić information content (AvgIpc) is 3.33. The molecule has 11 heteroatoms. The van der Waals surface area contributed by atoms with E-state index in [0.29, 0.717) is 31.7 Å². The summed E-state index contributed by atoms with van der Waals surface area (Å²) >= 11 is 0. The molecule has 1 N–H and O–H groups in total. The number of hydrogen-bond acceptors (Lipinski definition) is 5. The van der Waals surface area contributed by atoms with Crippen LogP contribution in [0, 0.1) is 5.82 Å². The average molecular weight is 491 g/mol. The molecule has 0 atom stereocenters. The van der Waals surface area contributed by atoms with Crippen LogP contribution in [0.1, 0.15) is 28.9 Å². The van der Waals surface area contributed by atoms with Gasteiger partial charge in [0.25, 0.3) is 5.91 Å². The molecule has 0 spiro atoms. The maximum atomic E-state index is 13.9. The zero-order chi connectivity index (χ0) is 25.0. The van der Waals surface area contributed by atoms with E-state index in [1.807, 2.05) is 0 Å². The van der Waals surface area contributed by atoms with Crippen LogP contribution in [0.3, 0.4) is 0 Å². The first-order chi connectivity index (χ1) is 16.7. The van der Waals surface area contributed by atoms with Gasteiger partial charge in [0.15, 0.2) is 11.5 Å². The number of benzene rings is 2. The Morgan fingerprint density at radius 3 is 2.43 bits per heavy atom. The molecule has 0 unspecified atom stereocenters. The van der Waals surface area contributed by atoms with E-state index in [1.165, 1.54) is 36.4 Å². The summed E-state index contributed by atoms with van der Waals surface area (Å²) in [6, 6.07) is 11.7.